The zero-order valence-corrected chi connectivity index (χ0v) is 14.3. The van der Waals surface area contributed by atoms with Gasteiger partial charge in [0.1, 0.15) is 5.75 Å². The molecule has 124 valence electrons. The zero-order valence-electron chi connectivity index (χ0n) is 13.5. The van der Waals surface area contributed by atoms with E-state index in [1.807, 2.05) is 43.3 Å². The van der Waals surface area contributed by atoms with E-state index < -0.39 is 10.1 Å². The van der Waals surface area contributed by atoms with Crippen LogP contribution in [0.2, 0.25) is 0 Å². The molecule has 0 aromatic heterocycles. The predicted molar refractivity (Wildman–Crippen MR) is 93.7 cm³/mol. The lowest BCUT2D eigenvalue weighted by Crippen LogP contribution is -2.07. The van der Waals surface area contributed by atoms with Gasteiger partial charge in [0.05, 0.1) is 18.6 Å². The molecule has 0 fully saturated rings. The highest BCUT2D eigenvalue weighted by Gasteiger charge is 2.17. The summed E-state index contributed by atoms with van der Waals surface area (Å²) in [6, 6.07) is 18.1. The molecule has 0 aliphatic carbocycles. The first-order valence-electron chi connectivity index (χ1n) is 7.52. The molecule has 0 spiro atoms. The van der Waals surface area contributed by atoms with Gasteiger partial charge in [-0.25, -0.2) is 0 Å². The molecule has 0 aliphatic rings. The van der Waals surface area contributed by atoms with Crippen molar-refractivity contribution in [1.82, 2.24) is 0 Å². The van der Waals surface area contributed by atoms with Gasteiger partial charge < -0.3 is 4.74 Å². The van der Waals surface area contributed by atoms with Crippen molar-refractivity contribution >= 4 is 20.9 Å². The van der Waals surface area contributed by atoms with Crippen LogP contribution in [0.4, 0.5) is 0 Å². The van der Waals surface area contributed by atoms with Crippen LogP contribution in [0.3, 0.4) is 0 Å². The topological polar surface area (TPSA) is 52.6 Å². The van der Waals surface area contributed by atoms with Crippen LogP contribution in [0.5, 0.6) is 5.75 Å². The molecule has 3 aromatic carbocycles. The Hall–Kier alpha value is -2.37. The molecule has 0 bridgehead atoms. The minimum atomic E-state index is -3.82. The fourth-order valence-corrected chi connectivity index (χ4v) is 3.44. The van der Waals surface area contributed by atoms with E-state index in [2.05, 4.69) is 0 Å². The number of methoxy groups -OCH3 is 1. The molecule has 5 heteroatoms. The van der Waals surface area contributed by atoms with Crippen LogP contribution in [0, 0.1) is 6.92 Å². The van der Waals surface area contributed by atoms with E-state index in [0.29, 0.717) is 11.3 Å². The average Bonchev–Trinajstić information content (AvgIpc) is 2.60. The first kappa shape index (κ1) is 16.5. The molecule has 0 aliphatic heterocycles. The third-order valence-electron chi connectivity index (χ3n) is 3.89. The second-order valence-electron chi connectivity index (χ2n) is 5.50. The smallest absolute Gasteiger partial charge is 0.297 e. The second kappa shape index (κ2) is 6.63. The Balaban J connectivity index is 1.94. The minimum absolute atomic E-state index is 0.0826. The van der Waals surface area contributed by atoms with Gasteiger partial charge in [0, 0.05) is 5.56 Å². The number of rotatable bonds is 5. The molecule has 3 rings (SSSR count). The van der Waals surface area contributed by atoms with E-state index >= 15 is 0 Å². The molecule has 0 amide bonds. The van der Waals surface area contributed by atoms with E-state index in [1.165, 1.54) is 0 Å². The maximum atomic E-state index is 12.4. The summed E-state index contributed by atoms with van der Waals surface area (Å²) >= 11 is 0. The van der Waals surface area contributed by atoms with Crippen molar-refractivity contribution in [3.05, 3.63) is 71.8 Å². The Bertz CT molecular complexity index is 960. The molecule has 3 aromatic rings. The maximum Gasteiger partial charge on any atom is 0.297 e. The van der Waals surface area contributed by atoms with Gasteiger partial charge in [-0.05, 0) is 35.9 Å². The summed E-state index contributed by atoms with van der Waals surface area (Å²) in [5.74, 6) is 0.604. The Labute approximate surface area is 141 Å². The van der Waals surface area contributed by atoms with Crippen molar-refractivity contribution in [2.45, 2.75) is 18.4 Å². The molecule has 4 nitrogen and oxygen atoms in total. The molecule has 0 saturated carbocycles. The van der Waals surface area contributed by atoms with Crippen LogP contribution in [0.15, 0.2) is 65.6 Å². The van der Waals surface area contributed by atoms with Gasteiger partial charge in [-0.15, -0.1) is 0 Å². The van der Waals surface area contributed by atoms with Crippen molar-refractivity contribution in [2.75, 3.05) is 7.11 Å². The van der Waals surface area contributed by atoms with E-state index in [4.69, 9.17) is 8.92 Å². The molecule has 0 heterocycles. The van der Waals surface area contributed by atoms with E-state index in [1.54, 1.807) is 31.4 Å². The Morgan fingerprint density at radius 3 is 2.33 bits per heavy atom. The van der Waals surface area contributed by atoms with Crippen molar-refractivity contribution < 1.29 is 17.3 Å². The summed E-state index contributed by atoms with van der Waals surface area (Å²) in [5.41, 5.74) is 1.70. The van der Waals surface area contributed by atoms with Crippen LogP contribution in [-0.2, 0) is 20.9 Å². The number of fused-ring (bicyclic) bond motifs is 1. The first-order chi connectivity index (χ1) is 11.5. The van der Waals surface area contributed by atoms with Crippen molar-refractivity contribution in [1.29, 1.82) is 0 Å². The number of benzene rings is 3. The van der Waals surface area contributed by atoms with Gasteiger partial charge in [-0.3, -0.25) is 4.18 Å². The van der Waals surface area contributed by atoms with Crippen molar-refractivity contribution in [3.63, 3.8) is 0 Å². The molecule has 24 heavy (non-hydrogen) atoms. The van der Waals surface area contributed by atoms with E-state index in [-0.39, 0.29) is 11.5 Å². The molecular formula is C19H18O4S. The number of hydrogen-bond donors (Lipinski definition) is 0. The summed E-state index contributed by atoms with van der Waals surface area (Å²) < 4.78 is 35.4. The monoisotopic (exact) mass is 342 g/mol. The largest absolute Gasteiger partial charge is 0.496 e. The summed E-state index contributed by atoms with van der Waals surface area (Å²) in [7, 11) is -2.27. The molecule has 0 unspecified atom stereocenters. The lowest BCUT2D eigenvalue weighted by Gasteiger charge is -2.12. The van der Waals surface area contributed by atoms with Gasteiger partial charge in [-0.2, -0.15) is 8.42 Å². The van der Waals surface area contributed by atoms with Crippen LogP contribution < -0.4 is 4.74 Å². The standard InChI is InChI=1S/C19H18O4S/c1-14-7-10-16(11-8-14)24(20,21)23-13-18-17-6-4-3-5-15(17)9-12-19(18)22-2/h3-12H,13H2,1-2H3. The summed E-state index contributed by atoms with van der Waals surface area (Å²) in [6.45, 7) is 1.82. The number of aryl methyl sites for hydroxylation is 1. The molecule has 0 saturated heterocycles. The Morgan fingerprint density at radius 2 is 1.62 bits per heavy atom. The van der Waals surface area contributed by atoms with Gasteiger partial charge in [0.15, 0.2) is 0 Å². The molecule has 0 atom stereocenters. The SMILES string of the molecule is COc1ccc2ccccc2c1COS(=O)(=O)c1ccc(C)cc1. The highest BCUT2D eigenvalue weighted by atomic mass is 32.2. The van der Waals surface area contributed by atoms with Gasteiger partial charge in [0.2, 0.25) is 0 Å². The highest BCUT2D eigenvalue weighted by Crippen LogP contribution is 2.29. The van der Waals surface area contributed by atoms with Crippen molar-refractivity contribution in [3.8, 4) is 5.75 Å². The third-order valence-corrected chi connectivity index (χ3v) is 5.16. The normalized spacial score (nSPS) is 11.6. The molecular weight excluding hydrogens is 324 g/mol. The third kappa shape index (κ3) is 3.27. The number of ether oxygens (including phenoxy) is 1. The van der Waals surface area contributed by atoms with Crippen LogP contribution in [0.1, 0.15) is 11.1 Å². The van der Waals surface area contributed by atoms with Gasteiger partial charge >= 0.3 is 0 Å². The lowest BCUT2D eigenvalue weighted by molar-refractivity contribution is 0.301. The molecule has 0 N–H and O–H groups in total. The second-order valence-corrected chi connectivity index (χ2v) is 7.11. The summed E-state index contributed by atoms with van der Waals surface area (Å²) in [6.07, 6.45) is 0. The van der Waals surface area contributed by atoms with Crippen LogP contribution in [-0.4, -0.2) is 15.5 Å². The number of hydrogen-bond acceptors (Lipinski definition) is 4. The molecule has 0 radical (unpaired) electrons. The fourth-order valence-electron chi connectivity index (χ4n) is 2.57. The average molecular weight is 342 g/mol. The van der Waals surface area contributed by atoms with Crippen LogP contribution >= 0.6 is 0 Å². The Morgan fingerprint density at radius 1 is 0.917 bits per heavy atom. The van der Waals surface area contributed by atoms with Gasteiger partial charge in [0.25, 0.3) is 10.1 Å². The van der Waals surface area contributed by atoms with Gasteiger partial charge in [-0.1, -0.05) is 48.0 Å². The predicted octanol–water partition coefficient (Wildman–Crippen LogP) is 4.06. The fraction of sp³-hybridized carbons (Fsp3) is 0.158. The minimum Gasteiger partial charge on any atom is -0.496 e. The quantitative estimate of drug-likeness (QED) is 0.656. The van der Waals surface area contributed by atoms with E-state index in [0.717, 1.165) is 16.3 Å². The van der Waals surface area contributed by atoms with E-state index in [9.17, 15) is 8.42 Å². The maximum absolute atomic E-state index is 12.4. The van der Waals surface area contributed by atoms with Crippen molar-refractivity contribution in [2.24, 2.45) is 0 Å². The lowest BCUT2D eigenvalue weighted by atomic mass is 10.0. The van der Waals surface area contributed by atoms with Crippen LogP contribution in [0.25, 0.3) is 10.8 Å². The summed E-state index contributed by atoms with van der Waals surface area (Å²) in [4.78, 5) is 0.146. The highest BCUT2D eigenvalue weighted by molar-refractivity contribution is 7.86. The summed E-state index contributed by atoms with van der Waals surface area (Å²) in [5, 5.41) is 1.92. The zero-order chi connectivity index (χ0) is 17.2. The Kier molecular flexibility index (Phi) is 4.55. The first-order valence-corrected chi connectivity index (χ1v) is 8.93.